The van der Waals surface area contributed by atoms with Crippen LogP contribution < -0.4 is 5.32 Å². The summed E-state index contributed by atoms with van der Waals surface area (Å²) >= 11 is 2.88. The molecule has 30 heavy (non-hydrogen) atoms. The van der Waals surface area contributed by atoms with Crippen LogP contribution in [0.4, 0.5) is 9.52 Å². The van der Waals surface area contributed by atoms with Crippen molar-refractivity contribution in [2.45, 2.75) is 6.42 Å². The second-order valence-electron chi connectivity index (χ2n) is 6.14. The summed E-state index contributed by atoms with van der Waals surface area (Å²) < 4.78 is 15.7. The first-order valence-electron chi connectivity index (χ1n) is 8.84. The second kappa shape index (κ2) is 8.82. The van der Waals surface area contributed by atoms with Crippen LogP contribution in [-0.2, 0) is 11.2 Å². The smallest absolute Gasteiger partial charge is 0.268 e. The third-order valence-electron chi connectivity index (χ3n) is 4.14. The molecule has 9 heteroatoms. The molecule has 0 aliphatic carbocycles. The molecule has 0 radical (unpaired) electrons. The molecule has 0 aliphatic rings. The molecule has 3 heterocycles. The van der Waals surface area contributed by atoms with Gasteiger partial charge in [-0.1, -0.05) is 29.5 Å². The Morgan fingerprint density at radius 2 is 2.07 bits per heavy atom. The number of halogens is 1. The highest BCUT2D eigenvalue weighted by Gasteiger charge is 2.15. The second-order valence-corrected chi connectivity index (χ2v) is 8.23. The average molecular weight is 436 g/mol. The van der Waals surface area contributed by atoms with Crippen molar-refractivity contribution in [1.82, 2.24) is 14.8 Å². The maximum atomic E-state index is 14.1. The summed E-state index contributed by atoms with van der Waals surface area (Å²) in [5.41, 5.74) is 0.706. The molecule has 148 valence electrons. The predicted octanol–water partition coefficient (Wildman–Crippen LogP) is 4.67. The van der Waals surface area contributed by atoms with Crippen molar-refractivity contribution in [2.75, 3.05) is 5.32 Å². The number of benzene rings is 1. The number of hydrogen-bond acceptors (Lipinski definition) is 6. The lowest BCUT2D eigenvalue weighted by Crippen LogP contribution is -2.13. The quantitative estimate of drug-likeness (QED) is 0.352. The van der Waals surface area contributed by atoms with Crippen LogP contribution in [0, 0.1) is 17.1 Å². The minimum absolute atomic E-state index is 0.124. The van der Waals surface area contributed by atoms with Crippen molar-refractivity contribution in [3.05, 3.63) is 87.1 Å². The van der Waals surface area contributed by atoms with E-state index >= 15 is 0 Å². The fourth-order valence-electron chi connectivity index (χ4n) is 2.78. The number of nitriles is 1. The van der Waals surface area contributed by atoms with E-state index in [1.807, 2.05) is 23.6 Å². The van der Waals surface area contributed by atoms with Gasteiger partial charge in [0.05, 0.1) is 5.69 Å². The molecule has 0 spiro atoms. The minimum Gasteiger partial charge on any atom is -0.314 e. The summed E-state index contributed by atoms with van der Waals surface area (Å²) in [6, 6.07) is 15.6. The van der Waals surface area contributed by atoms with E-state index in [0.29, 0.717) is 22.9 Å². The molecule has 0 saturated heterocycles. The Kier molecular flexibility index (Phi) is 5.79. The monoisotopic (exact) mass is 435 g/mol. The van der Waals surface area contributed by atoms with Gasteiger partial charge in [0.1, 0.15) is 22.5 Å². The van der Waals surface area contributed by atoms with E-state index in [-0.39, 0.29) is 5.57 Å². The molecular weight excluding hydrogens is 421 g/mol. The van der Waals surface area contributed by atoms with Crippen molar-refractivity contribution in [1.29, 1.82) is 5.26 Å². The van der Waals surface area contributed by atoms with Gasteiger partial charge in [0.15, 0.2) is 0 Å². The zero-order chi connectivity index (χ0) is 20.9. The summed E-state index contributed by atoms with van der Waals surface area (Å²) in [5, 5.41) is 23.2. The Balaban J connectivity index is 1.52. The van der Waals surface area contributed by atoms with Gasteiger partial charge >= 0.3 is 0 Å². The highest BCUT2D eigenvalue weighted by atomic mass is 32.1. The fourth-order valence-corrected chi connectivity index (χ4v) is 4.34. The first-order valence-corrected chi connectivity index (χ1v) is 10.5. The third-order valence-corrected chi connectivity index (χ3v) is 5.86. The Labute approximate surface area is 179 Å². The lowest BCUT2D eigenvalue weighted by Gasteiger charge is -2.08. The number of carbonyl (C=O) groups is 1. The number of rotatable bonds is 6. The number of hydrogen-bond donors (Lipinski definition) is 1. The Hall–Kier alpha value is -3.61. The number of para-hydroxylation sites is 1. The zero-order valence-corrected chi connectivity index (χ0v) is 17.1. The van der Waals surface area contributed by atoms with Crippen molar-refractivity contribution < 1.29 is 9.18 Å². The number of carbonyl (C=O) groups excluding carboxylic acids is 1. The molecule has 1 amide bonds. The SMILES string of the molecule is N#C/C(=C/c1cccn1-c1ccccc1F)C(=O)Nc1nnc(Cc2cccs2)s1. The molecule has 0 atom stereocenters. The summed E-state index contributed by atoms with van der Waals surface area (Å²) in [5.74, 6) is -1.00. The van der Waals surface area contributed by atoms with E-state index in [9.17, 15) is 14.4 Å². The summed E-state index contributed by atoms with van der Waals surface area (Å²) in [6.45, 7) is 0. The predicted molar refractivity (Wildman–Crippen MR) is 115 cm³/mol. The van der Waals surface area contributed by atoms with Gasteiger partial charge in [0, 0.05) is 23.2 Å². The summed E-state index contributed by atoms with van der Waals surface area (Å²) in [6.07, 6.45) is 3.72. The van der Waals surface area contributed by atoms with Gasteiger partial charge in [0.2, 0.25) is 5.13 Å². The molecule has 0 unspecified atom stereocenters. The molecular formula is C21H14FN5OS2. The Morgan fingerprint density at radius 1 is 1.20 bits per heavy atom. The van der Waals surface area contributed by atoms with Gasteiger partial charge in [-0.25, -0.2) is 4.39 Å². The lowest BCUT2D eigenvalue weighted by atomic mass is 10.2. The molecule has 0 aliphatic heterocycles. The third kappa shape index (κ3) is 4.35. The van der Waals surface area contributed by atoms with Gasteiger partial charge in [0.25, 0.3) is 5.91 Å². The van der Waals surface area contributed by atoms with Gasteiger partial charge < -0.3 is 4.57 Å². The minimum atomic E-state index is -0.599. The molecule has 1 aromatic carbocycles. The zero-order valence-electron chi connectivity index (χ0n) is 15.4. The van der Waals surface area contributed by atoms with Crippen LogP contribution in [0.3, 0.4) is 0 Å². The van der Waals surface area contributed by atoms with Gasteiger partial charge in [-0.3, -0.25) is 10.1 Å². The van der Waals surface area contributed by atoms with Gasteiger partial charge in [-0.15, -0.1) is 21.5 Å². The van der Waals surface area contributed by atoms with Crippen LogP contribution in [0.15, 0.2) is 65.7 Å². The van der Waals surface area contributed by atoms with E-state index in [1.165, 1.54) is 23.5 Å². The van der Waals surface area contributed by atoms with Crippen molar-refractivity contribution in [3.63, 3.8) is 0 Å². The number of thiophene rings is 1. The van der Waals surface area contributed by atoms with Crippen LogP contribution in [-0.4, -0.2) is 20.7 Å². The fraction of sp³-hybridized carbons (Fsp3) is 0.0476. The van der Waals surface area contributed by atoms with E-state index in [2.05, 4.69) is 15.5 Å². The van der Waals surface area contributed by atoms with Crippen LogP contribution in [0.5, 0.6) is 0 Å². The van der Waals surface area contributed by atoms with E-state index in [1.54, 1.807) is 52.4 Å². The first-order chi connectivity index (χ1) is 14.6. The molecule has 1 N–H and O–H groups in total. The molecule has 4 rings (SSSR count). The van der Waals surface area contributed by atoms with Crippen LogP contribution in [0.2, 0.25) is 0 Å². The molecule has 4 aromatic rings. The maximum absolute atomic E-state index is 14.1. The van der Waals surface area contributed by atoms with Crippen molar-refractivity contribution >= 4 is 39.8 Å². The molecule has 0 fully saturated rings. The number of anilines is 1. The molecule has 3 aromatic heterocycles. The first kappa shape index (κ1) is 19.7. The average Bonchev–Trinajstić information content (AvgIpc) is 3.50. The summed E-state index contributed by atoms with van der Waals surface area (Å²) in [4.78, 5) is 13.7. The maximum Gasteiger partial charge on any atom is 0.268 e. The van der Waals surface area contributed by atoms with Crippen molar-refractivity contribution in [2.24, 2.45) is 0 Å². The molecule has 6 nitrogen and oxygen atoms in total. The highest BCUT2D eigenvalue weighted by Crippen LogP contribution is 2.22. The number of nitrogens with zero attached hydrogens (tertiary/aromatic N) is 4. The topological polar surface area (TPSA) is 83.6 Å². The van der Waals surface area contributed by atoms with Crippen LogP contribution in [0.25, 0.3) is 11.8 Å². The van der Waals surface area contributed by atoms with E-state index < -0.39 is 11.7 Å². The van der Waals surface area contributed by atoms with Crippen LogP contribution in [0.1, 0.15) is 15.6 Å². The Bertz CT molecular complexity index is 1250. The largest absolute Gasteiger partial charge is 0.314 e. The highest BCUT2D eigenvalue weighted by molar-refractivity contribution is 7.15. The number of amides is 1. The van der Waals surface area contributed by atoms with E-state index in [4.69, 9.17) is 0 Å². The van der Waals surface area contributed by atoms with Crippen LogP contribution >= 0.6 is 22.7 Å². The van der Waals surface area contributed by atoms with E-state index in [0.717, 1.165) is 9.88 Å². The normalized spacial score (nSPS) is 11.3. The number of nitrogens with one attached hydrogen (secondary N) is 1. The molecule has 0 bridgehead atoms. The molecule has 0 saturated carbocycles. The Morgan fingerprint density at radius 3 is 2.83 bits per heavy atom. The summed E-state index contributed by atoms with van der Waals surface area (Å²) in [7, 11) is 0. The van der Waals surface area contributed by atoms with Gasteiger partial charge in [-0.05, 0) is 41.8 Å². The number of aromatic nitrogens is 3. The van der Waals surface area contributed by atoms with Crippen molar-refractivity contribution in [3.8, 4) is 11.8 Å². The lowest BCUT2D eigenvalue weighted by molar-refractivity contribution is -0.112. The standard InChI is InChI=1S/C21H14FN5OS2/c22-17-7-1-2-8-18(17)27-9-3-5-15(27)11-14(13-23)20(28)24-21-26-25-19(30-21)12-16-6-4-10-29-16/h1-11H,12H2,(H,24,26,28)/b14-11-. The van der Waals surface area contributed by atoms with Gasteiger partial charge in [-0.2, -0.15) is 5.26 Å².